The highest BCUT2D eigenvalue weighted by atomic mass is 16.7. The van der Waals surface area contributed by atoms with Gasteiger partial charge in [0, 0.05) is 44.2 Å². The molecule has 35 heavy (non-hydrogen) atoms. The second-order valence-electron chi connectivity index (χ2n) is 8.05. The van der Waals surface area contributed by atoms with E-state index in [4.69, 9.17) is 14.2 Å². The van der Waals surface area contributed by atoms with Gasteiger partial charge in [0.15, 0.2) is 11.5 Å². The number of benzene rings is 2. The number of nitrogens with zero attached hydrogens (tertiary/aromatic N) is 5. The van der Waals surface area contributed by atoms with Crippen molar-refractivity contribution in [2.24, 2.45) is 0 Å². The number of ether oxygens (including phenoxy) is 3. The molecule has 3 heterocycles. The fourth-order valence-electron chi connectivity index (χ4n) is 4.20. The van der Waals surface area contributed by atoms with Crippen LogP contribution in [0.4, 0.5) is 22.0 Å². The Hall–Kier alpha value is -4.35. The van der Waals surface area contributed by atoms with E-state index < -0.39 is 4.92 Å². The largest absolute Gasteiger partial charge is 0.454 e. The van der Waals surface area contributed by atoms with Crippen molar-refractivity contribution in [2.75, 3.05) is 49.8 Å². The molecule has 1 N–H and O–H groups in total. The van der Waals surface area contributed by atoms with Gasteiger partial charge in [-0.1, -0.05) is 6.07 Å². The maximum absolute atomic E-state index is 12.0. The van der Waals surface area contributed by atoms with E-state index in [1.807, 2.05) is 23.1 Å². The van der Waals surface area contributed by atoms with Crippen LogP contribution >= 0.6 is 0 Å². The van der Waals surface area contributed by atoms with Gasteiger partial charge in [0.2, 0.25) is 6.79 Å². The number of carbonyl (C=O) groups excluding carboxylic acids is 1. The second kappa shape index (κ2) is 9.49. The predicted molar refractivity (Wildman–Crippen MR) is 127 cm³/mol. The molecule has 2 aliphatic rings. The van der Waals surface area contributed by atoms with E-state index in [1.54, 1.807) is 17.9 Å². The maximum atomic E-state index is 12.0. The molecule has 1 fully saturated rings. The molecule has 0 spiro atoms. The molecule has 0 saturated carbocycles. The zero-order valence-corrected chi connectivity index (χ0v) is 19.1. The highest BCUT2D eigenvalue weighted by molar-refractivity contribution is 5.94. The van der Waals surface area contributed by atoms with Crippen molar-refractivity contribution >= 4 is 34.2 Å². The quantitative estimate of drug-likeness (QED) is 0.414. The molecule has 1 saturated heterocycles. The first-order valence-corrected chi connectivity index (χ1v) is 11.3. The smallest absolute Gasteiger partial charge is 0.409 e. The number of nitro groups is 1. The van der Waals surface area contributed by atoms with E-state index in [9.17, 15) is 14.9 Å². The first kappa shape index (κ1) is 22.4. The highest BCUT2D eigenvalue weighted by Crippen LogP contribution is 2.36. The summed E-state index contributed by atoms with van der Waals surface area (Å²) in [5.74, 6) is 1.88. The van der Waals surface area contributed by atoms with Crippen LogP contribution < -0.4 is 19.7 Å². The molecule has 0 atom stereocenters. The molecule has 2 aliphatic heterocycles. The summed E-state index contributed by atoms with van der Waals surface area (Å²) < 4.78 is 15.8. The number of amides is 1. The number of nitro benzene ring substituents is 1. The van der Waals surface area contributed by atoms with E-state index in [0.29, 0.717) is 73.2 Å². The molecule has 12 heteroatoms. The van der Waals surface area contributed by atoms with Crippen molar-refractivity contribution in [3.63, 3.8) is 0 Å². The Bertz CT molecular complexity index is 1280. The van der Waals surface area contributed by atoms with Crippen molar-refractivity contribution in [2.45, 2.75) is 13.5 Å². The summed E-state index contributed by atoms with van der Waals surface area (Å²) in [6, 6.07) is 8.86. The third kappa shape index (κ3) is 4.54. The Morgan fingerprint density at radius 2 is 1.94 bits per heavy atom. The molecular formula is C23H24N6O6. The minimum absolute atomic E-state index is 0.0389. The first-order chi connectivity index (χ1) is 17.0. The fraction of sp³-hybridized carbons (Fsp3) is 0.348. The van der Waals surface area contributed by atoms with Crippen LogP contribution in [0.3, 0.4) is 0 Å². The second-order valence-corrected chi connectivity index (χ2v) is 8.05. The summed E-state index contributed by atoms with van der Waals surface area (Å²) in [7, 11) is 0. The molecular weight excluding hydrogens is 456 g/mol. The fourth-order valence-corrected chi connectivity index (χ4v) is 4.20. The molecule has 5 rings (SSSR count). The normalized spacial score (nSPS) is 14.8. The van der Waals surface area contributed by atoms with Crippen LogP contribution in [-0.4, -0.2) is 65.5 Å². The highest BCUT2D eigenvalue weighted by Gasteiger charge is 2.27. The van der Waals surface area contributed by atoms with Crippen molar-refractivity contribution in [3.8, 4) is 11.5 Å². The van der Waals surface area contributed by atoms with Crippen LogP contribution in [-0.2, 0) is 11.3 Å². The first-order valence-electron chi connectivity index (χ1n) is 11.3. The van der Waals surface area contributed by atoms with Crippen LogP contribution in [0.1, 0.15) is 12.5 Å². The number of rotatable bonds is 6. The lowest BCUT2D eigenvalue weighted by molar-refractivity contribution is -0.384. The van der Waals surface area contributed by atoms with Crippen LogP contribution in [0, 0.1) is 10.1 Å². The predicted octanol–water partition coefficient (Wildman–Crippen LogP) is 3.16. The third-order valence-corrected chi connectivity index (χ3v) is 5.97. The Labute approximate surface area is 200 Å². The van der Waals surface area contributed by atoms with Crippen LogP contribution in [0.25, 0.3) is 10.9 Å². The van der Waals surface area contributed by atoms with Gasteiger partial charge >= 0.3 is 6.09 Å². The number of anilines is 2. The number of hydrogen-bond acceptors (Lipinski definition) is 10. The van der Waals surface area contributed by atoms with Gasteiger partial charge < -0.3 is 29.3 Å². The van der Waals surface area contributed by atoms with Crippen molar-refractivity contribution in [1.29, 1.82) is 0 Å². The lowest BCUT2D eigenvalue weighted by Crippen LogP contribution is -2.49. The maximum Gasteiger partial charge on any atom is 0.409 e. The van der Waals surface area contributed by atoms with Gasteiger partial charge in [-0.25, -0.2) is 14.8 Å². The van der Waals surface area contributed by atoms with E-state index in [0.717, 1.165) is 5.56 Å². The minimum Gasteiger partial charge on any atom is -0.454 e. The minimum atomic E-state index is -0.402. The van der Waals surface area contributed by atoms with E-state index in [-0.39, 0.29) is 18.6 Å². The van der Waals surface area contributed by atoms with Crippen molar-refractivity contribution in [3.05, 3.63) is 52.3 Å². The molecule has 1 aromatic heterocycles. The summed E-state index contributed by atoms with van der Waals surface area (Å²) in [6.45, 7) is 4.44. The average molecular weight is 480 g/mol. The molecule has 0 unspecified atom stereocenters. The van der Waals surface area contributed by atoms with Crippen LogP contribution in [0.5, 0.6) is 11.5 Å². The average Bonchev–Trinajstić information content (AvgIpc) is 3.35. The molecule has 182 valence electrons. The molecule has 0 bridgehead atoms. The number of fused-ring (bicyclic) bond motifs is 2. The molecule has 1 amide bonds. The van der Waals surface area contributed by atoms with Gasteiger partial charge in [-0.2, -0.15) is 0 Å². The summed E-state index contributed by atoms with van der Waals surface area (Å²) in [5, 5.41) is 15.8. The molecule has 0 aliphatic carbocycles. The SMILES string of the molecule is CCOC(=O)N1CCN(c2cc3ncnc(NCc4ccc5c(c4)OCO5)c3cc2[N+](=O)[O-])CC1. The van der Waals surface area contributed by atoms with E-state index in [1.165, 1.54) is 12.4 Å². The molecule has 12 nitrogen and oxygen atoms in total. The van der Waals surface area contributed by atoms with Crippen LogP contribution in [0.2, 0.25) is 0 Å². The van der Waals surface area contributed by atoms with Gasteiger partial charge in [0.25, 0.3) is 5.69 Å². The summed E-state index contributed by atoms with van der Waals surface area (Å²) in [4.78, 5) is 35.7. The molecule has 2 aromatic carbocycles. The van der Waals surface area contributed by atoms with Gasteiger partial charge in [0.1, 0.15) is 17.8 Å². The lowest BCUT2D eigenvalue weighted by Gasteiger charge is -2.35. The number of piperazine rings is 1. The van der Waals surface area contributed by atoms with Gasteiger partial charge in [-0.15, -0.1) is 0 Å². The number of hydrogen-bond donors (Lipinski definition) is 1. The standard InChI is InChI=1S/C23H24N6O6/c1-2-33-23(30)28-7-5-27(6-8-28)18-11-17-16(10-19(18)29(31)32)22(26-13-25-17)24-12-15-3-4-20-21(9-15)35-14-34-20/h3-4,9-11,13H,2,5-8,12,14H2,1H3,(H,24,25,26). The van der Waals surface area contributed by atoms with Gasteiger partial charge in [-0.05, 0) is 30.7 Å². The van der Waals surface area contributed by atoms with Crippen LogP contribution in [0.15, 0.2) is 36.7 Å². The summed E-state index contributed by atoms with van der Waals surface area (Å²) in [6.07, 6.45) is 1.06. The third-order valence-electron chi connectivity index (χ3n) is 5.97. The monoisotopic (exact) mass is 480 g/mol. The Balaban J connectivity index is 1.38. The molecule has 0 radical (unpaired) electrons. The Kier molecular flexibility index (Phi) is 6.08. The zero-order valence-electron chi connectivity index (χ0n) is 19.1. The Morgan fingerprint density at radius 1 is 1.14 bits per heavy atom. The zero-order chi connectivity index (χ0) is 24.4. The van der Waals surface area contributed by atoms with Gasteiger partial charge in [0.05, 0.1) is 17.0 Å². The Morgan fingerprint density at radius 3 is 2.71 bits per heavy atom. The number of nitrogens with one attached hydrogen (secondary N) is 1. The number of carbonyl (C=O) groups is 1. The molecule has 3 aromatic rings. The van der Waals surface area contributed by atoms with E-state index >= 15 is 0 Å². The summed E-state index contributed by atoms with van der Waals surface area (Å²) in [5.41, 5.74) is 1.96. The lowest BCUT2D eigenvalue weighted by atomic mass is 10.1. The van der Waals surface area contributed by atoms with E-state index in [2.05, 4.69) is 15.3 Å². The topological polar surface area (TPSA) is 132 Å². The van der Waals surface area contributed by atoms with Crippen molar-refractivity contribution in [1.82, 2.24) is 14.9 Å². The van der Waals surface area contributed by atoms with Crippen molar-refractivity contribution < 1.29 is 23.9 Å². The summed E-state index contributed by atoms with van der Waals surface area (Å²) >= 11 is 0. The van der Waals surface area contributed by atoms with Gasteiger partial charge in [-0.3, -0.25) is 10.1 Å². The number of aromatic nitrogens is 2.